The summed E-state index contributed by atoms with van der Waals surface area (Å²) in [5, 5.41) is 2.85. The summed E-state index contributed by atoms with van der Waals surface area (Å²) in [5.41, 5.74) is 3.18. The van der Waals surface area contributed by atoms with Crippen LogP contribution in [0.3, 0.4) is 0 Å². The number of nitrogens with zero attached hydrogens (tertiary/aromatic N) is 2. The molecule has 8 heteroatoms. The number of allylic oxidation sites excluding steroid dienone is 1. The average molecular weight is 595 g/mol. The van der Waals surface area contributed by atoms with E-state index < -0.39 is 12.0 Å². The minimum atomic E-state index is -0.697. The second kappa shape index (κ2) is 11.8. The average Bonchev–Trinajstić information content (AvgIpc) is 3.30. The number of carbonyl (C=O) groups is 1. The third kappa shape index (κ3) is 5.29. The molecule has 0 fully saturated rings. The first-order valence-corrected chi connectivity index (χ1v) is 14.8. The van der Waals surface area contributed by atoms with Gasteiger partial charge < -0.3 is 9.47 Å². The van der Waals surface area contributed by atoms with Crippen LogP contribution >= 0.6 is 22.9 Å². The van der Waals surface area contributed by atoms with Gasteiger partial charge in [-0.15, -0.1) is 0 Å². The van der Waals surface area contributed by atoms with E-state index in [-0.39, 0.29) is 12.2 Å². The van der Waals surface area contributed by atoms with E-state index in [1.54, 1.807) is 30.5 Å². The van der Waals surface area contributed by atoms with Crippen LogP contribution in [0.25, 0.3) is 16.8 Å². The van der Waals surface area contributed by atoms with Crippen LogP contribution in [-0.4, -0.2) is 17.1 Å². The zero-order chi connectivity index (χ0) is 29.2. The molecule has 0 aliphatic carbocycles. The lowest BCUT2D eigenvalue weighted by atomic mass is 9.96. The van der Waals surface area contributed by atoms with Crippen molar-refractivity contribution in [3.63, 3.8) is 0 Å². The Balaban J connectivity index is 1.42. The van der Waals surface area contributed by atoms with E-state index in [0.717, 1.165) is 27.5 Å². The molecule has 1 unspecified atom stereocenters. The quantitative estimate of drug-likeness (QED) is 0.211. The Labute approximate surface area is 251 Å². The van der Waals surface area contributed by atoms with E-state index in [2.05, 4.69) is 29.3 Å². The largest absolute Gasteiger partial charge is 0.488 e. The maximum atomic E-state index is 14.0. The summed E-state index contributed by atoms with van der Waals surface area (Å²) in [7, 11) is 0. The molecule has 0 bridgehead atoms. The van der Waals surface area contributed by atoms with Gasteiger partial charge in [-0.3, -0.25) is 9.36 Å². The molecular weight excluding hydrogens is 568 g/mol. The number of hydrogen-bond acceptors (Lipinski definition) is 6. The molecule has 0 N–H and O–H groups in total. The highest BCUT2D eigenvalue weighted by atomic mass is 35.5. The van der Waals surface area contributed by atoms with E-state index in [1.807, 2.05) is 60.7 Å². The van der Waals surface area contributed by atoms with Gasteiger partial charge in [0.15, 0.2) is 4.80 Å². The lowest BCUT2D eigenvalue weighted by Gasteiger charge is -2.24. The third-order valence-corrected chi connectivity index (χ3v) is 8.41. The molecule has 0 radical (unpaired) electrons. The van der Waals surface area contributed by atoms with Crippen molar-refractivity contribution in [2.24, 2.45) is 4.99 Å². The van der Waals surface area contributed by atoms with Gasteiger partial charge in [0.25, 0.3) is 5.56 Å². The van der Waals surface area contributed by atoms with Crippen LogP contribution in [0.2, 0.25) is 5.02 Å². The third-order valence-electron chi connectivity index (χ3n) is 7.17. The molecule has 0 saturated heterocycles. The van der Waals surface area contributed by atoms with E-state index in [4.69, 9.17) is 21.1 Å². The molecule has 0 spiro atoms. The molecule has 5 aromatic rings. The second-order valence-electron chi connectivity index (χ2n) is 9.82. The zero-order valence-corrected chi connectivity index (χ0v) is 24.6. The molecule has 4 aromatic carbocycles. The SMILES string of the molecule is CCOC(=O)C1=C(C)N=c2s/c(=C\c3ccccc3OCc3cccc4ccccc34)c(=O)n2C1c1ccc(Cl)cc1. The minimum absolute atomic E-state index is 0.211. The van der Waals surface area contributed by atoms with Crippen molar-refractivity contribution < 1.29 is 14.3 Å². The number of hydrogen-bond donors (Lipinski definition) is 0. The number of halogens is 1. The molecule has 6 rings (SSSR count). The Bertz CT molecular complexity index is 2020. The van der Waals surface area contributed by atoms with Gasteiger partial charge in [0.2, 0.25) is 0 Å². The Kier molecular flexibility index (Phi) is 7.78. The predicted molar refractivity (Wildman–Crippen MR) is 167 cm³/mol. The van der Waals surface area contributed by atoms with Crippen LogP contribution < -0.4 is 19.6 Å². The Morgan fingerprint density at radius 2 is 1.74 bits per heavy atom. The number of esters is 1. The first-order valence-electron chi connectivity index (χ1n) is 13.6. The minimum Gasteiger partial charge on any atom is -0.488 e. The van der Waals surface area contributed by atoms with Gasteiger partial charge in [-0.2, -0.15) is 0 Å². The molecular formula is C34H27ClN2O4S. The van der Waals surface area contributed by atoms with E-state index in [9.17, 15) is 9.59 Å². The van der Waals surface area contributed by atoms with Crippen LogP contribution in [-0.2, 0) is 16.1 Å². The van der Waals surface area contributed by atoms with E-state index in [0.29, 0.717) is 38.0 Å². The second-order valence-corrected chi connectivity index (χ2v) is 11.3. The molecule has 1 aromatic heterocycles. The number of thiazole rings is 1. The normalized spacial score (nSPS) is 14.9. The first-order chi connectivity index (χ1) is 20.4. The highest BCUT2D eigenvalue weighted by Gasteiger charge is 2.33. The predicted octanol–water partition coefficient (Wildman–Crippen LogP) is 6.18. The molecule has 1 aliphatic heterocycles. The standard InChI is InChI=1S/C34H27ClN2O4S/c1-3-40-33(39)30-21(2)36-34-37(31(30)23-15-17-26(35)18-16-23)32(38)29(42-34)19-24-10-5-7-14-28(24)41-20-25-12-8-11-22-9-4-6-13-27(22)25/h4-19,31H,3,20H2,1-2H3/b29-19-. The number of aromatic nitrogens is 1. The number of rotatable bonds is 7. The van der Waals surface area contributed by atoms with Crippen LogP contribution in [0.4, 0.5) is 0 Å². The van der Waals surface area contributed by atoms with Crippen molar-refractivity contribution in [3.05, 3.63) is 144 Å². The van der Waals surface area contributed by atoms with Crippen molar-refractivity contribution >= 4 is 45.8 Å². The first kappa shape index (κ1) is 27.7. The summed E-state index contributed by atoms with van der Waals surface area (Å²) >= 11 is 7.43. The van der Waals surface area contributed by atoms with Gasteiger partial charge in [-0.05, 0) is 60.0 Å². The summed E-state index contributed by atoms with van der Waals surface area (Å²) in [6, 6.07) is 28.4. The van der Waals surface area contributed by atoms with Crippen LogP contribution in [0, 0.1) is 0 Å². The highest BCUT2D eigenvalue weighted by Crippen LogP contribution is 2.31. The highest BCUT2D eigenvalue weighted by molar-refractivity contribution is 7.07. The van der Waals surface area contributed by atoms with Gasteiger partial charge in [0, 0.05) is 10.6 Å². The fourth-order valence-corrected chi connectivity index (χ4v) is 6.36. The molecule has 0 amide bonds. The fourth-order valence-electron chi connectivity index (χ4n) is 5.20. The summed E-state index contributed by atoms with van der Waals surface area (Å²) in [4.78, 5) is 32.2. The number of para-hydroxylation sites is 1. The van der Waals surface area contributed by atoms with E-state index in [1.165, 1.54) is 11.3 Å². The number of ether oxygens (including phenoxy) is 2. The fraction of sp³-hybridized carbons (Fsp3) is 0.147. The van der Waals surface area contributed by atoms with Crippen LogP contribution in [0.1, 0.15) is 36.6 Å². The van der Waals surface area contributed by atoms with Gasteiger partial charge >= 0.3 is 5.97 Å². The van der Waals surface area contributed by atoms with Crippen LogP contribution in [0.5, 0.6) is 5.75 Å². The van der Waals surface area contributed by atoms with Gasteiger partial charge in [0.1, 0.15) is 12.4 Å². The monoisotopic (exact) mass is 594 g/mol. The molecule has 1 aliphatic rings. The molecule has 6 nitrogen and oxygen atoms in total. The lowest BCUT2D eigenvalue weighted by Crippen LogP contribution is -2.39. The van der Waals surface area contributed by atoms with Crippen molar-refractivity contribution in [3.8, 4) is 5.75 Å². The molecule has 210 valence electrons. The van der Waals surface area contributed by atoms with Gasteiger partial charge in [-0.1, -0.05) is 95.7 Å². The summed E-state index contributed by atoms with van der Waals surface area (Å²) in [6.07, 6.45) is 1.82. The maximum absolute atomic E-state index is 14.0. The van der Waals surface area contributed by atoms with Crippen molar-refractivity contribution in [2.75, 3.05) is 6.61 Å². The van der Waals surface area contributed by atoms with Crippen molar-refractivity contribution in [1.82, 2.24) is 4.57 Å². The summed E-state index contributed by atoms with van der Waals surface area (Å²) in [5.74, 6) is 0.161. The van der Waals surface area contributed by atoms with Crippen molar-refractivity contribution in [1.29, 1.82) is 0 Å². The number of benzene rings is 4. The van der Waals surface area contributed by atoms with Crippen molar-refractivity contribution in [2.45, 2.75) is 26.5 Å². The lowest BCUT2D eigenvalue weighted by molar-refractivity contribution is -0.139. The topological polar surface area (TPSA) is 69.9 Å². The Hall–Kier alpha value is -4.46. The zero-order valence-electron chi connectivity index (χ0n) is 23.0. The number of carbonyl (C=O) groups excluding carboxylic acids is 1. The molecule has 2 heterocycles. The Morgan fingerprint density at radius 1 is 1.00 bits per heavy atom. The number of fused-ring (bicyclic) bond motifs is 2. The van der Waals surface area contributed by atoms with Crippen LogP contribution in [0.15, 0.2) is 112 Å². The molecule has 1 atom stereocenters. The maximum Gasteiger partial charge on any atom is 0.338 e. The molecule has 0 saturated carbocycles. The van der Waals surface area contributed by atoms with Gasteiger partial charge in [-0.25, -0.2) is 9.79 Å². The molecule has 42 heavy (non-hydrogen) atoms. The summed E-state index contributed by atoms with van der Waals surface area (Å²) in [6.45, 7) is 4.11. The Morgan fingerprint density at radius 3 is 2.55 bits per heavy atom. The van der Waals surface area contributed by atoms with Gasteiger partial charge in [0.05, 0.1) is 28.5 Å². The smallest absolute Gasteiger partial charge is 0.338 e. The van der Waals surface area contributed by atoms with E-state index >= 15 is 0 Å². The summed E-state index contributed by atoms with van der Waals surface area (Å²) < 4.78 is 13.7.